The molecule has 2 amide bonds. The van der Waals surface area contributed by atoms with Crippen molar-refractivity contribution in [3.05, 3.63) is 36.4 Å². The summed E-state index contributed by atoms with van der Waals surface area (Å²) in [6, 6.07) is 6.53. The van der Waals surface area contributed by atoms with Crippen LogP contribution in [0.4, 0.5) is 10.5 Å². The van der Waals surface area contributed by atoms with Crippen LogP contribution in [-0.2, 0) is 14.3 Å². The third kappa shape index (κ3) is 5.53. The van der Waals surface area contributed by atoms with E-state index in [2.05, 4.69) is 12.2 Å². The van der Waals surface area contributed by atoms with Crippen molar-refractivity contribution in [3.63, 3.8) is 0 Å². The van der Waals surface area contributed by atoms with Crippen molar-refractivity contribution in [2.75, 3.05) is 19.5 Å². The molecule has 1 aromatic rings. The fraction of sp³-hybridized carbons (Fsp3) is 0.565. The number of anilines is 1. The topological polar surface area (TPSA) is 77.1 Å². The summed E-state index contributed by atoms with van der Waals surface area (Å²) >= 11 is 0. The van der Waals surface area contributed by atoms with Gasteiger partial charge < -0.3 is 19.5 Å². The minimum Gasteiger partial charge on any atom is -0.497 e. The van der Waals surface area contributed by atoms with Crippen LogP contribution in [0, 0.1) is 0 Å². The number of methoxy groups -OCH3 is 2. The average molecular weight is 419 g/mol. The molecule has 1 aliphatic heterocycles. The smallest absolute Gasteiger partial charge is 0.417 e. The Bertz CT molecular complexity index is 769. The molecule has 1 heterocycles. The Morgan fingerprint density at radius 2 is 1.80 bits per heavy atom. The van der Waals surface area contributed by atoms with Crippen LogP contribution >= 0.6 is 0 Å². The molecule has 1 aromatic carbocycles. The molecule has 0 unspecified atom stereocenters. The molecule has 7 nitrogen and oxygen atoms in total. The van der Waals surface area contributed by atoms with E-state index in [1.54, 1.807) is 41.1 Å². The predicted molar refractivity (Wildman–Crippen MR) is 117 cm³/mol. The van der Waals surface area contributed by atoms with Gasteiger partial charge in [-0.3, -0.25) is 4.79 Å². The third-order valence-electron chi connectivity index (χ3n) is 5.19. The zero-order valence-electron chi connectivity index (χ0n) is 19.0. The minimum atomic E-state index is -0.711. The summed E-state index contributed by atoms with van der Waals surface area (Å²) in [6.45, 7) is 9.39. The molecule has 1 N–H and O–H groups in total. The molecule has 166 valence electrons. The second-order valence-electron chi connectivity index (χ2n) is 8.66. The van der Waals surface area contributed by atoms with Gasteiger partial charge in [-0.1, -0.05) is 19.4 Å². The van der Waals surface area contributed by atoms with E-state index in [9.17, 15) is 9.59 Å². The highest BCUT2D eigenvalue weighted by Gasteiger charge is 2.46. The Balaban J connectivity index is 2.41. The Morgan fingerprint density at radius 1 is 1.17 bits per heavy atom. The third-order valence-corrected chi connectivity index (χ3v) is 5.19. The van der Waals surface area contributed by atoms with E-state index in [1.165, 1.54) is 11.0 Å². The Hall–Kier alpha value is -2.54. The van der Waals surface area contributed by atoms with Crippen LogP contribution < -0.4 is 10.1 Å². The van der Waals surface area contributed by atoms with Gasteiger partial charge in [0.2, 0.25) is 0 Å². The molecule has 0 spiro atoms. The van der Waals surface area contributed by atoms with E-state index in [1.807, 2.05) is 31.2 Å². The van der Waals surface area contributed by atoms with Gasteiger partial charge in [0, 0.05) is 18.9 Å². The molecule has 0 bridgehead atoms. The van der Waals surface area contributed by atoms with Gasteiger partial charge in [-0.05, 0) is 58.4 Å². The minimum absolute atomic E-state index is 0.397. The normalized spacial score (nSPS) is 19.4. The van der Waals surface area contributed by atoms with Crippen molar-refractivity contribution in [1.29, 1.82) is 0 Å². The fourth-order valence-electron chi connectivity index (χ4n) is 3.62. The summed E-state index contributed by atoms with van der Waals surface area (Å²) in [5.74, 6) is 0.345. The van der Waals surface area contributed by atoms with E-state index >= 15 is 0 Å². The average Bonchev–Trinajstić information content (AvgIpc) is 3.06. The molecule has 1 aliphatic rings. The van der Waals surface area contributed by atoms with Crippen LogP contribution in [0.3, 0.4) is 0 Å². The molecular formula is C23H34N2O5. The SMILES string of the molecule is CCC[C@](C)(OC)[C@@H](Nc1ccc(OC)cc1)[C@@H]1C=CC(=O)N1C(=O)OC(C)(C)C. The number of hydrogen-bond donors (Lipinski definition) is 1. The summed E-state index contributed by atoms with van der Waals surface area (Å²) < 4.78 is 16.7. The number of imide groups is 1. The molecule has 0 fully saturated rings. The number of carbonyl (C=O) groups is 2. The highest BCUT2D eigenvalue weighted by Crippen LogP contribution is 2.32. The number of ether oxygens (including phenoxy) is 3. The first-order valence-electron chi connectivity index (χ1n) is 10.2. The van der Waals surface area contributed by atoms with Crippen molar-refractivity contribution in [2.45, 2.75) is 70.7 Å². The quantitative estimate of drug-likeness (QED) is 0.675. The van der Waals surface area contributed by atoms with Crippen LogP contribution in [-0.4, -0.2) is 54.4 Å². The number of benzene rings is 1. The van der Waals surface area contributed by atoms with E-state index in [0.717, 1.165) is 24.3 Å². The Kier molecular flexibility index (Phi) is 7.53. The van der Waals surface area contributed by atoms with E-state index < -0.39 is 35.3 Å². The van der Waals surface area contributed by atoms with Gasteiger partial charge in [-0.2, -0.15) is 0 Å². The molecule has 0 saturated carbocycles. The number of rotatable bonds is 8. The van der Waals surface area contributed by atoms with Gasteiger partial charge in [0.25, 0.3) is 5.91 Å². The molecule has 3 atom stereocenters. The van der Waals surface area contributed by atoms with Gasteiger partial charge in [0.05, 0.1) is 24.8 Å². The number of nitrogens with zero attached hydrogens (tertiary/aromatic N) is 1. The maximum absolute atomic E-state index is 12.9. The molecule has 0 aromatic heterocycles. The van der Waals surface area contributed by atoms with Crippen LogP contribution in [0.2, 0.25) is 0 Å². The van der Waals surface area contributed by atoms with E-state index in [4.69, 9.17) is 14.2 Å². The molecule has 2 rings (SSSR count). The van der Waals surface area contributed by atoms with Crippen molar-refractivity contribution in [1.82, 2.24) is 4.90 Å². The monoisotopic (exact) mass is 418 g/mol. The maximum atomic E-state index is 12.9. The first-order valence-corrected chi connectivity index (χ1v) is 10.2. The summed E-state index contributed by atoms with van der Waals surface area (Å²) in [5, 5.41) is 3.48. The predicted octanol–water partition coefficient (Wildman–Crippen LogP) is 4.38. The first kappa shape index (κ1) is 23.7. The first-order chi connectivity index (χ1) is 14.0. The van der Waals surface area contributed by atoms with Crippen LogP contribution in [0.5, 0.6) is 5.75 Å². The molecular weight excluding hydrogens is 384 g/mol. The highest BCUT2D eigenvalue weighted by molar-refractivity contribution is 6.01. The summed E-state index contributed by atoms with van der Waals surface area (Å²) in [7, 11) is 3.26. The molecule has 0 radical (unpaired) electrons. The molecule has 7 heteroatoms. The van der Waals surface area contributed by atoms with Crippen LogP contribution in [0.25, 0.3) is 0 Å². The largest absolute Gasteiger partial charge is 0.497 e. The van der Waals surface area contributed by atoms with Gasteiger partial charge in [0.15, 0.2) is 0 Å². The van der Waals surface area contributed by atoms with Gasteiger partial charge in [-0.25, -0.2) is 9.69 Å². The standard InChI is InChI=1S/C23H34N2O5/c1-8-15-23(5,29-7)20(24-16-9-11-17(28-6)12-10-16)18-13-14-19(26)25(18)21(27)30-22(2,3)4/h9-14,18,20,24H,8,15H2,1-7H3/t18-,20-,23-/m0/s1. The van der Waals surface area contributed by atoms with Gasteiger partial charge in [0.1, 0.15) is 11.4 Å². The summed E-state index contributed by atoms with van der Waals surface area (Å²) in [5.41, 5.74) is -0.525. The lowest BCUT2D eigenvalue weighted by atomic mass is 9.85. The van der Waals surface area contributed by atoms with Crippen molar-refractivity contribution in [3.8, 4) is 5.75 Å². The van der Waals surface area contributed by atoms with Crippen molar-refractivity contribution >= 4 is 17.7 Å². The van der Waals surface area contributed by atoms with Crippen molar-refractivity contribution in [2.24, 2.45) is 0 Å². The maximum Gasteiger partial charge on any atom is 0.417 e. The lowest BCUT2D eigenvalue weighted by Crippen LogP contribution is -2.59. The lowest BCUT2D eigenvalue weighted by Gasteiger charge is -2.42. The highest BCUT2D eigenvalue weighted by atomic mass is 16.6. The number of nitrogens with one attached hydrogen (secondary N) is 1. The van der Waals surface area contributed by atoms with E-state index in [0.29, 0.717) is 0 Å². The zero-order chi connectivity index (χ0) is 22.5. The van der Waals surface area contributed by atoms with Crippen LogP contribution in [0.15, 0.2) is 36.4 Å². The number of amides is 2. The molecule has 0 saturated heterocycles. The second kappa shape index (κ2) is 9.51. The summed E-state index contributed by atoms with van der Waals surface area (Å²) in [6.07, 6.45) is 4.10. The van der Waals surface area contributed by atoms with Crippen LogP contribution in [0.1, 0.15) is 47.5 Å². The lowest BCUT2D eigenvalue weighted by molar-refractivity contribution is -0.126. The van der Waals surface area contributed by atoms with Gasteiger partial charge >= 0.3 is 6.09 Å². The summed E-state index contributed by atoms with van der Waals surface area (Å²) in [4.78, 5) is 26.6. The zero-order valence-corrected chi connectivity index (χ0v) is 19.0. The Labute approximate surface area is 179 Å². The Morgan fingerprint density at radius 3 is 2.30 bits per heavy atom. The van der Waals surface area contributed by atoms with E-state index in [-0.39, 0.29) is 0 Å². The number of carbonyl (C=O) groups excluding carboxylic acids is 2. The van der Waals surface area contributed by atoms with Gasteiger partial charge in [-0.15, -0.1) is 0 Å². The molecule has 0 aliphatic carbocycles. The van der Waals surface area contributed by atoms with Crippen molar-refractivity contribution < 1.29 is 23.8 Å². The fourth-order valence-corrected chi connectivity index (χ4v) is 3.62. The second-order valence-corrected chi connectivity index (χ2v) is 8.66. The number of hydrogen-bond acceptors (Lipinski definition) is 6. The molecule has 30 heavy (non-hydrogen) atoms.